The lowest BCUT2D eigenvalue weighted by Crippen LogP contribution is -2.19. The standard InChI is InChI=1S/C11H21N3O/c1-5-14-7-8(9(15)6-12)10(13-14)11(2,3)4/h7,9,15H,5-6,12H2,1-4H3. The third-order valence-corrected chi connectivity index (χ3v) is 2.41. The summed E-state index contributed by atoms with van der Waals surface area (Å²) in [5.74, 6) is 0. The Morgan fingerprint density at radius 2 is 2.13 bits per heavy atom. The van der Waals surface area contributed by atoms with Gasteiger partial charge in [-0.3, -0.25) is 4.68 Å². The molecule has 1 atom stereocenters. The topological polar surface area (TPSA) is 64.1 Å². The van der Waals surface area contributed by atoms with E-state index in [-0.39, 0.29) is 12.0 Å². The summed E-state index contributed by atoms with van der Waals surface area (Å²) in [6.07, 6.45) is 1.28. The monoisotopic (exact) mass is 211 g/mol. The second-order valence-electron chi connectivity index (χ2n) is 4.79. The molecule has 1 aromatic rings. The molecule has 86 valence electrons. The summed E-state index contributed by atoms with van der Waals surface area (Å²) in [5.41, 5.74) is 7.20. The molecule has 1 aromatic heterocycles. The summed E-state index contributed by atoms with van der Waals surface area (Å²) in [6.45, 7) is 9.32. The minimum absolute atomic E-state index is 0.0636. The Bertz CT molecular complexity index is 325. The first kappa shape index (κ1) is 12.2. The SMILES string of the molecule is CCn1cc(C(O)CN)c(C(C)(C)C)n1. The highest BCUT2D eigenvalue weighted by atomic mass is 16.3. The van der Waals surface area contributed by atoms with Crippen LogP contribution in [-0.2, 0) is 12.0 Å². The minimum Gasteiger partial charge on any atom is -0.387 e. The van der Waals surface area contributed by atoms with Crippen molar-refractivity contribution < 1.29 is 5.11 Å². The van der Waals surface area contributed by atoms with Crippen LogP contribution in [0.1, 0.15) is 45.1 Å². The van der Waals surface area contributed by atoms with E-state index in [1.807, 2.05) is 17.8 Å². The van der Waals surface area contributed by atoms with Crippen LogP contribution in [0.2, 0.25) is 0 Å². The maximum absolute atomic E-state index is 9.80. The molecule has 1 heterocycles. The van der Waals surface area contributed by atoms with Gasteiger partial charge in [0.05, 0.1) is 11.8 Å². The largest absolute Gasteiger partial charge is 0.387 e. The molecular formula is C11H21N3O. The van der Waals surface area contributed by atoms with Crippen LogP contribution in [0.25, 0.3) is 0 Å². The van der Waals surface area contributed by atoms with Gasteiger partial charge < -0.3 is 10.8 Å². The van der Waals surface area contributed by atoms with Crippen LogP contribution < -0.4 is 5.73 Å². The van der Waals surface area contributed by atoms with Crippen molar-refractivity contribution in [2.45, 2.75) is 45.8 Å². The fourth-order valence-corrected chi connectivity index (χ4v) is 1.55. The number of aryl methyl sites for hydroxylation is 1. The molecule has 3 N–H and O–H groups in total. The van der Waals surface area contributed by atoms with E-state index in [4.69, 9.17) is 5.73 Å². The Balaban J connectivity index is 3.17. The lowest BCUT2D eigenvalue weighted by atomic mass is 9.88. The number of nitrogens with two attached hydrogens (primary N) is 1. The average molecular weight is 211 g/mol. The molecule has 0 aliphatic carbocycles. The number of aliphatic hydroxyl groups excluding tert-OH is 1. The minimum atomic E-state index is -0.612. The van der Waals surface area contributed by atoms with Crippen LogP contribution in [0.15, 0.2) is 6.20 Å². The van der Waals surface area contributed by atoms with Crippen molar-refractivity contribution in [3.8, 4) is 0 Å². The van der Waals surface area contributed by atoms with Crippen molar-refractivity contribution in [2.24, 2.45) is 5.73 Å². The maximum atomic E-state index is 9.80. The van der Waals surface area contributed by atoms with Crippen molar-refractivity contribution >= 4 is 0 Å². The molecule has 4 heteroatoms. The first-order valence-corrected chi connectivity index (χ1v) is 5.36. The van der Waals surface area contributed by atoms with Crippen LogP contribution in [0, 0.1) is 0 Å². The molecule has 1 unspecified atom stereocenters. The van der Waals surface area contributed by atoms with E-state index in [1.54, 1.807) is 0 Å². The molecule has 0 saturated carbocycles. The van der Waals surface area contributed by atoms with Gasteiger partial charge in [-0.25, -0.2) is 0 Å². The maximum Gasteiger partial charge on any atom is 0.0945 e. The Morgan fingerprint density at radius 3 is 2.53 bits per heavy atom. The second-order valence-corrected chi connectivity index (χ2v) is 4.79. The van der Waals surface area contributed by atoms with Gasteiger partial charge in [0.2, 0.25) is 0 Å². The van der Waals surface area contributed by atoms with Gasteiger partial charge in [-0.2, -0.15) is 5.10 Å². The molecule has 4 nitrogen and oxygen atoms in total. The summed E-state index contributed by atoms with van der Waals surface area (Å²) in [6, 6.07) is 0. The third kappa shape index (κ3) is 2.58. The number of hydrogen-bond donors (Lipinski definition) is 2. The lowest BCUT2D eigenvalue weighted by Gasteiger charge is -2.19. The molecule has 15 heavy (non-hydrogen) atoms. The highest BCUT2D eigenvalue weighted by Crippen LogP contribution is 2.28. The molecule has 0 aliphatic rings. The van der Waals surface area contributed by atoms with Crippen molar-refractivity contribution in [1.82, 2.24) is 9.78 Å². The van der Waals surface area contributed by atoms with Gasteiger partial charge in [0.25, 0.3) is 0 Å². The molecule has 0 saturated heterocycles. The van der Waals surface area contributed by atoms with Gasteiger partial charge in [-0.1, -0.05) is 20.8 Å². The Morgan fingerprint density at radius 1 is 1.53 bits per heavy atom. The van der Waals surface area contributed by atoms with E-state index >= 15 is 0 Å². The molecule has 0 aliphatic heterocycles. The fraction of sp³-hybridized carbons (Fsp3) is 0.727. The van der Waals surface area contributed by atoms with Crippen LogP contribution in [-0.4, -0.2) is 21.4 Å². The number of rotatable bonds is 3. The highest BCUT2D eigenvalue weighted by molar-refractivity contribution is 5.26. The van der Waals surface area contributed by atoms with Crippen LogP contribution in [0.5, 0.6) is 0 Å². The number of nitrogens with zero attached hydrogens (tertiary/aromatic N) is 2. The average Bonchev–Trinajstić information content (AvgIpc) is 2.59. The number of aromatic nitrogens is 2. The molecule has 0 spiro atoms. The van der Waals surface area contributed by atoms with Gasteiger partial charge in [-0.05, 0) is 6.92 Å². The number of aliphatic hydroxyl groups is 1. The molecule has 0 amide bonds. The predicted octanol–water partition coefficient (Wildman–Crippen LogP) is 1.19. The van der Waals surface area contributed by atoms with E-state index in [2.05, 4.69) is 25.9 Å². The van der Waals surface area contributed by atoms with Crippen molar-refractivity contribution in [3.05, 3.63) is 17.5 Å². The summed E-state index contributed by atoms with van der Waals surface area (Å²) in [7, 11) is 0. The molecular weight excluding hydrogens is 190 g/mol. The smallest absolute Gasteiger partial charge is 0.0945 e. The molecule has 0 aromatic carbocycles. The van der Waals surface area contributed by atoms with Gasteiger partial charge in [-0.15, -0.1) is 0 Å². The van der Waals surface area contributed by atoms with E-state index in [0.717, 1.165) is 17.8 Å². The van der Waals surface area contributed by atoms with Gasteiger partial charge in [0.1, 0.15) is 0 Å². The number of hydrogen-bond acceptors (Lipinski definition) is 3. The quantitative estimate of drug-likeness (QED) is 0.789. The normalized spacial score (nSPS) is 14.3. The first-order valence-electron chi connectivity index (χ1n) is 5.36. The summed E-state index contributed by atoms with van der Waals surface area (Å²) in [4.78, 5) is 0. The molecule has 0 fully saturated rings. The van der Waals surface area contributed by atoms with Crippen molar-refractivity contribution in [2.75, 3.05) is 6.54 Å². The first-order chi connectivity index (χ1) is 6.90. The Labute approximate surface area is 91.1 Å². The van der Waals surface area contributed by atoms with E-state index in [0.29, 0.717) is 0 Å². The molecule has 1 rings (SSSR count). The third-order valence-electron chi connectivity index (χ3n) is 2.41. The summed E-state index contributed by atoms with van der Waals surface area (Å²) < 4.78 is 1.84. The highest BCUT2D eigenvalue weighted by Gasteiger charge is 2.25. The second kappa shape index (κ2) is 4.33. The summed E-state index contributed by atoms with van der Waals surface area (Å²) in [5, 5.41) is 14.3. The molecule has 0 bridgehead atoms. The van der Waals surface area contributed by atoms with Crippen LogP contribution in [0.3, 0.4) is 0 Å². The molecule has 0 radical (unpaired) electrons. The predicted molar refractivity (Wildman–Crippen MR) is 60.6 cm³/mol. The van der Waals surface area contributed by atoms with E-state index < -0.39 is 6.10 Å². The van der Waals surface area contributed by atoms with Crippen molar-refractivity contribution in [1.29, 1.82) is 0 Å². The van der Waals surface area contributed by atoms with Gasteiger partial charge >= 0.3 is 0 Å². The van der Waals surface area contributed by atoms with Gasteiger partial charge in [0.15, 0.2) is 0 Å². The van der Waals surface area contributed by atoms with Crippen molar-refractivity contribution in [3.63, 3.8) is 0 Å². The summed E-state index contributed by atoms with van der Waals surface area (Å²) >= 11 is 0. The zero-order valence-corrected chi connectivity index (χ0v) is 9.99. The lowest BCUT2D eigenvalue weighted by molar-refractivity contribution is 0.184. The van der Waals surface area contributed by atoms with Crippen LogP contribution >= 0.6 is 0 Å². The van der Waals surface area contributed by atoms with Gasteiger partial charge in [0, 0.05) is 30.3 Å². The fourth-order valence-electron chi connectivity index (χ4n) is 1.55. The Hall–Kier alpha value is -0.870. The van der Waals surface area contributed by atoms with E-state index in [1.165, 1.54) is 0 Å². The zero-order chi connectivity index (χ0) is 11.6. The zero-order valence-electron chi connectivity index (χ0n) is 9.99. The van der Waals surface area contributed by atoms with Crippen LogP contribution in [0.4, 0.5) is 0 Å². The Kier molecular flexibility index (Phi) is 3.52. The van der Waals surface area contributed by atoms with E-state index in [9.17, 15) is 5.11 Å².